The Morgan fingerprint density at radius 2 is 1.67 bits per heavy atom. The second-order valence-electron chi connectivity index (χ2n) is 4.63. The molecule has 1 aromatic heterocycles. The van der Waals surface area contributed by atoms with Gasteiger partial charge in [-0.05, 0) is 49.2 Å². The zero-order chi connectivity index (χ0) is 15.4. The van der Waals surface area contributed by atoms with Crippen LogP contribution in [0.3, 0.4) is 0 Å². The van der Waals surface area contributed by atoms with Crippen molar-refractivity contribution in [2.75, 3.05) is 10.6 Å². The molecule has 0 saturated carbocycles. The highest BCUT2D eigenvalue weighted by Crippen LogP contribution is 2.18. The highest BCUT2D eigenvalue weighted by molar-refractivity contribution is 6.44. The van der Waals surface area contributed by atoms with Crippen LogP contribution in [0.5, 0.6) is 0 Å². The number of hydrogen-bond acceptors (Lipinski definition) is 3. The van der Waals surface area contributed by atoms with E-state index in [1.165, 1.54) is 6.20 Å². The fourth-order valence-electron chi connectivity index (χ4n) is 1.89. The summed E-state index contributed by atoms with van der Waals surface area (Å²) < 4.78 is 0. The Hall–Kier alpha value is -2.40. The fraction of sp³-hybridized carbons (Fsp3) is 0.133. The van der Waals surface area contributed by atoms with Crippen LogP contribution in [-0.2, 0) is 9.59 Å². The van der Waals surface area contributed by atoms with Crippen molar-refractivity contribution in [1.29, 1.82) is 0 Å². The topological polar surface area (TPSA) is 71.1 Å². The Morgan fingerprint density at radius 3 is 2.29 bits per heavy atom. The summed E-state index contributed by atoms with van der Waals surface area (Å²) in [6.45, 7) is 3.83. The van der Waals surface area contributed by atoms with Crippen molar-refractivity contribution in [2.45, 2.75) is 13.8 Å². The molecule has 6 heteroatoms. The van der Waals surface area contributed by atoms with E-state index in [-0.39, 0.29) is 5.15 Å². The minimum Gasteiger partial charge on any atom is -0.318 e. The van der Waals surface area contributed by atoms with E-state index < -0.39 is 11.8 Å². The van der Waals surface area contributed by atoms with Gasteiger partial charge in [-0.3, -0.25) is 9.59 Å². The van der Waals surface area contributed by atoms with Crippen LogP contribution in [0.2, 0.25) is 5.15 Å². The average Bonchev–Trinajstić information content (AvgIpc) is 2.40. The molecule has 0 aliphatic carbocycles. The lowest BCUT2D eigenvalue weighted by atomic mass is 10.1. The van der Waals surface area contributed by atoms with Gasteiger partial charge in [-0.25, -0.2) is 4.98 Å². The fourth-order valence-corrected chi connectivity index (χ4v) is 2.06. The normalized spacial score (nSPS) is 10.0. The number of nitrogens with zero attached hydrogens (tertiary/aromatic N) is 1. The Bertz CT molecular complexity index is 681. The zero-order valence-corrected chi connectivity index (χ0v) is 12.4. The van der Waals surface area contributed by atoms with Crippen molar-refractivity contribution < 1.29 is 9.59 Å². The Labute approximate surface area is 127 Å². The summed E-state index contributed by atoms with van der Waals surface area (Å²) in [4.78, 5) is 27.5. The first-order chi connectivity index (χ1) is 9.95. The SMILES string of the molecule is Cc1cc(C)cc(NC(=O)C(=O)Nc2cccnc2Cl)c1. The third-order valence-electron chi connectivity index (χ3n) is 2.69. The lowest BCUT2D eigenvalue weighted by molar-refractivity contribution is -0.133. The van der Waals surface area contributed by atoms with E-state index in [1.807, 2.05) is 19.9 Å². The number of benzene rings is 1. The quantitative estimate of drug-likeness (QED) is 0.662. The highest BCUT2D eigenvalue weighted by atomic mass is 35.5. The Kier molecular flexibility index (Phi) is 4.55. The van der Waals surface area contributed by atoms with Crippen LogP contribution in [0.25, 0.3) is 0 Å². The summed E-state index contributed by atoms with van der Waals surface area (Å²) >= 11 is 5.82. The van der Waals surface area contributed by atoms with E-state index in [0.29, 0.717) is 11.4 Å². The number of hydrogen-bond donors (Lipinski definition) is 2. The van der Waals surface area contributed by atoms with Gasteiger partial charge in [0.25, 0.3) is 0 Å². The molecule has 0 fully saturated rings. The first-order valence-electron chi connectivity index (χ1n) is 6.27. The summed E-state index contributed by atoms with van der Waals surface area (Å²) in [7, 11) is 0. The second-order valence-corrected chi connectivity index (χ2v) is 4.98. The molecule has 108 valence electrons. The number of anilines is 2. The lowest BCUT2D eigenvalue weighted by Crippen LogP contribution is -2.29. The third kappa shape index (κ3) is 4.03. The van der Waals surface area contributed by atoms with E-state index in [0.717, 1.165) is 11.1 Å². The number of carbonyl (C=O) groups excluding carboxylic acids is 2. The molecule has 0 saturated heterocycles. The van der Waals surface area contributed by atoms with Crippen molar-refractivity contribution in [3.05, 3.63) is 52.8 Å². The molecule has 0 aliphatic rings. The molecule has 5 nitrogen and oxygen atoms in total. The molecule has 0 atom stereocenters. The van der Waals surface area contributed by atoms with Crippen LogP contribution in [0.15, 0.2) is 36.5 Å². The van der Waals surface area contributed by atoms with Gasteiger partial charge in [-0.1, -0.05) is 17.7 Å². The maximum atomic E-state index is 11.9. The highest BCUT2D eigenvalue weighted by Gasteiger charge is 2.15. The first kappa shape index (κ1) is 15.0. The molecule has 0 bridgehead atoms. The number of aromatic nitrogens is 1. The monoisotopic (exact) mass is 303 g/mol. The molecule has 2 rings (SSSR count). The predicted octanol–water partition coefficient (Wildman–Crippen LogP) is 2.93. The Balaban J connectivity index is 2.06. The molecule has 1 aromatic carbocycles. The van der Waals surface area contributed by atoms with Crippen LogP contribution in [-0.4, -0.2) is 16.8 Å². The third-order valence-corrected chi connectivity index (χ3v) is 2.99. The van der Waals surface area contributed by atoms with Gasteiger partial charge >= 0.3 is 11.8 Å². The molecule has 0 unspecified atom stereocenters. The van der Waals surface area contributed by atoms with Crippen molar-refractivity contribution in [3.63, 3.8) is 0 Å². The van der Waals surface area contributed by atoms with E-state index >= 15 is 0 Å². The zero-order valence-electron chi connectivity index (χ0n) is 11.6. The second kappa shape index (κ2) is 6.37. The predicted molar refractivity (Wildman–Crippen MR) is 82.4 cm³/mol. The molecule has 0 spiro atoms. The molecule has 0 radical (unpaired) electrons. The van der Waals surface area contributed by atoms with Crippen molar-refractivity contribution in [1.82, 2.24) is 4.98 Å². The molecular weight excluding hydrogens is 290 g/mol. The maximum absolute atomic E-state index is 11.9. The summed E-state index contributed by atoms with van der Waals surface area (Å²) in [5, 5.41) is 5.09. The van der Waals surface area contributed by atoms with E-state index in [2.05, 4.69) is 15.6 Å². The summed E-state index contributed by atoms with van der Waals surface area (Å²) in [5.41, 5.74) is 2.87. The Morgan fingerprint density at radius 1 is 1.05 bits per heavy atom. The van der Waals surface area contributed by atoms with Gasteiger partial charge in [0.1, 0.15) is 0 Å². The van der Waals surface area contributed by atoms with Crippen molar-refractivity contribution >= 4 is 34.8 Å². The van der Waals surface area contributed by atoms with Gasteiger partial charge < -0.3 is 10.6 Å². The smallest absolute Gasteiger partial charge is 0.314 e. The van der Waals surface area contributed by atoms with Gasteiger partial charge in [0.05, 0.1) is 5.69 Å². The van der Waals surface area contributed by atoms with E-state index in [1.54, 1.807) is 24.3 Å². The van der Waals surface area contributed by atoms with Crippen LogP contribution >= 0.6 is 11.6 Å². The van der Waals surface area contributed by atoms with E-state index in [9.17, 15) is 9.59 Å². The number of aryl methyl sites for hydroxylation is 2. The van der Waals surface area contributed by atoms with Crippen LogP contribution in [0.4, 0.5) is 11.4 Å². The summed E-state index contributed by atoms with van der Waals surface area (Å²) in [5.74, 6) is -1.57. The van der Waals surface area contributed by atoms with Crippen molar-refractivity contribution in [3.8, 4) is 0 Å². The van der Waals surface area contributed by atoms with Crippen LogP contribution in [0.1, 0.15) is 11.1 Å². The minimum atomic E-state index is -0.802. The van der Waals surface area contributed by atoms with Crippen LogP contribution < -0.4 is 10.6 Å². The molecule has 21 heavy (non-hydrogen) atoms. The molecule has 2 N–H and O–H groups in total. The average molecular weight is 304 g/mol. The number of halogens is 1. The molecular formula is C15H14ClN3O2. The van der Waals surface area contributed by atoms with Gasteiger partial charge in [0, 0.05) is 11.9 Å². The van der Waals surface area contributed by atoms with Crippen LogP contribution in [0, 0.1) is 13.8 Å². The number of nitrogens with one attached hydrogen (secondary N) is 2. The van der Waals surface area contributed by atoms with Gasteiger partial charge in [-0.15, -0.1) is 0 Å². The maximum Gasteiger partial charge on any atom is 0.314 e. The summed E-state index contributed by atoms with van der Waals surface area (Å²) in [6.07, 6.45) is 1.49. The van der Waals surface area contributed by atoms with Gasteiger partial charge in [0.15, 0.2) is 5.15 Å². The molecule has 0 aliphatic heterocycles. The van der Waals surface area contributed by atoms with Gasteiger partial charge in [0.2, 0.25) is 0 Å². The van der Waals surface area contributed by atoms with Crippen molar-refractivity contribution in [2.24, 2.45) is 0 Å². The minimum absolute atomic E-state index is 0.130. The number of pyridine rings is 1. The molecule has 2 aromatic rings. The molecule has 2 amide bonds. The first-order valence-corrected chi connectivity index (χ1v) is 6.64. The van der Waals surface area contributed by atoms with Gasteiger partial charge in [-0.2, -0.15) is 0 Å². The summed E-state index contributed by atoms with van der Waals surface area (Å²) in [6, 6.07) is 8.73. The number of amides is 2. The number of carbonyl (C=O) groups is 2. The van der Waals surface area contributed by atoms with E-state index in [4.69, 9.17) is 11.6 Å². The lowest BCUT2D eigenvalue weighted by Gasteiger charge is -2.08. The largest absolute Gasteiger partial charge is 0.318 e. The molecule has 1 heterocycles. The standard InChI is InChI=1S/C15H14ClN3O2/c1-9-6-10(2)8-11(7-9)18-14(20)15(21)19-12-4-3-5-17-13(12)16/h3-8H,1-2H3,(H,18,20)(H,19,21). The number of rotatable bonds is 2.